The molecule has 0 unspecified atom stereocenters. The first-order chi connectivity index (χ1) is 13.1. The number of hydrogen-bond donors (Lipinski definition) is 1. The molecule has 3 aromatic rings. The highest BCUT2D eigenvalue weighted by Crippen LogP contribution is 2.40. The van der Waals surface area contributed by atoms with E-state index in [4.69, 9.17) is 14.2 Å². The van der Waals surface area contributed by atoms with E-state index in [2.05, 4.69) is 25.6 Å². The van der Waals surface area contributed by atoms with Gasteiger partial charge in [-0.2, -0.15) is 10.2 Å². The number of nitrogens with one attached hydrogen (secondary N) is 1. The number of ether oxygens (including phenoxy) is 3. The van der Waals surface area contributed by atoms with Gasteiger partial charge >= 0.3 is 0 Å². The fraction of sp³-hybridized carbons (Fsp3) is 0.333. The van der Waals surface area contributed by atoms with Crippen molar-refractivity contribution in [3.05, 3.63) is 36.3 Å². The summed E-state index contributed by atoms with van der Waals surface area (Å²) in [5, 5.41) is 15.4. The maximum atomic E-state index is 5.39. The first-order valence-electron chi connectivity index (χ1n) is 8.36. The molecule has 9 heteroatoms. The summed E-state index contributed by atoms with van der Waals surface area (Å²) in [6.07, 6.45) is 6.22. The number of benzene rings is 1. The van der Waals surface area contributed by atoms with Crippen LogP contribution in [0.25, 0.3) is 11.3 Å². The van der Waals surface area contributed by atoms with Crippen molar-refractivity contribution in [1.29, 1.82) is 0 Å². The molecule has 2 aromatic heterocycles. The second-order valence-corrected chi connectivity index (χ2v) is 5.78. The lowest BCUT2D eigenvalue weighted by Crippen LogP contribution is -2.09. The van der Waals surface area contributed by atoms with Gasteiger partial charge in [-0.15, -0.1) is 5.10 Å². The van der Waals surface area contributed by atoms with Gasteiger partial charge in [0, 0.05) is 25.4 Å². The molecule has 0 fully saturated rings. The van der Waals surface area contributed by atoms with Gasteiger partial charge in [-0.3, -0.25) is 4.68 Å². The Bertz CT molecular complexity index is 887. The van der Waals surface area contributed by atoms with Crippen molar-refractivity contribution in [3.63, 3.8) is 0 Å². The van der Waals surface area contributed by atoms with E-state index in [0.717, 1.165) is 17.5 Å². The Labute approximate surface area is 157 Å². The maximum absolute atomic E-state index is 5.39. The summed E-state index contributed by atoms with van der Waals surface area (Å²) >= 11 is 0. The lowest BCUT2D eigenvalue weighted by molar-refractivity contribution is 0.324. The summed E-state index contributed by atoms with van der Waals surface area (Å²) in [7, 11) is 6.61. The Morgan fingerprint density at radius 3 is 2.37 bits per heavy atom. The molecule has 0 spiro atoms. The van der Waals surface area contributed by atoms with Crippen molar-refractivity contribution in [1.82, 2.24) is 25.0 Å². The number of methoxy groups -OCH3 is 3. The Balaban J connectivity index is 1.78. The van der Waals surface area contributed by atoms with Crippen molar-refractivity contribution < 1.29 is 14.2 Å². The molecule has 1 N–H and O–H groups in total. The van der Waals surface area contributed by atoms with Crippen LogP contribution in [0, 0.1) is 0 Å². The molecule has 0 aliphatic carbocycles. The highest BCUT2D eigenvalue weighted by Gasteiger charge is 2.15. The fourth-order valence-corrected chi connectivity index (χ4v) is 2.67. The smallest absolute Gasteiger partial charge is 0.243 e. The van der Waals surface area contributed by atoms with Crippen LogP contribution < -0.4 is 19.5 Å². The Kier molecular flexibility index (Phi) is 5.70. The van der Waals surface area contributed by atoms with Gasteiger partial charge in [0.1, 0.15) is 0 Å². The first-order valence-corrected chi connectivity index (χ1v) is 8.36. The third-order valence-corrected chi connectivity index (χ3v) is 3.97. The number of anilines is 1. The summed E-state index contributed by atoms with van der Waals surface area (Å²) in [6.45, 7) is 0.673. The molecular formula is C18H22N6O3. The molecule has 0 saturated heterocycles. The van der Waals surface area contributed by atoms with Crippen molar-refractivity contribution in [2.75, 3.05) is 33.2 Å². The van der Waals surface area contributed by atoms with E-state index in [1.807, 2.05) is 31.6 Å². The van der Waals surface area contributed by atoms with Crippen LogP contribution in [-0.4, -0.2) is 52.8 Å². The van der Waals surface area contributed by atoms with Crippen LogP contribution in [0.1, 0.15) is 5.56 Å². The van der Waals surface area contributed by atoms with Crippen molar-refractivity contribution in [2.45, 2.75) is 6.42 Å². The second-order valence-electron chi connectivity index (χ2n) is 5.78. The largest absolute Gasteiger partial charge is 0.493 e. The molecule has 9 nitrogen and oxygen atoms in total. The topological polar surface area (TPSA) is 96.2 Å². The van der Waals surface area contributed by atoms with Gasteiger partial charge < -0.3 is 19.5 Å². The van der Waals surface area contributed by atoms with Crippen LogP contribution in [0.4, 0.5) is 5.95 Å². The van der Waals surface area contributed by atoms with Crippen molar-refractivity contribution in [3.8, 4) is 28.5 Å². The fourth-order valence-electron chi connectivity index (χ4n) is 2.67. The molecule has 0 atom stereocenters. The monoisotopic (exact) mass is 370 g/mol. The van der Waals surface area contributed by atoms with Crippen LogP contribution >= 0.6 is 0 Å². The van der Waals surface area contributed by atoms with E-state index in [9.17, 15) is 0 Å². The molecule has 2 heterocycles. The zero-order chi connectivity index (χ0) is 19.2. The summed E-state index contributed by atoms with van der Waals surface area (Å²) < 4.78 is 17.9. The van der Waals surface area contributed by atoms with Gasteiger partial charge in [0.2, 0.25) is 11.7 Å². The van der Waals surface area contributed by atoms with E-state index < -0.39 is 0 Å². The number of aryl methyl sites for hydroxylation is 1. The van der Waals surface area contributed by atoms with Gasteiger partial charge in [-0.25, -0.2) is 4.98 Å². The van der Waals surface area contributed by atoms with Crippen LogP contribution in [0.5, 0.6) is 17.2 Å². The van der Waals surface area contributed by atoms with E-state index in [0.29, 0.717) is 35.4 Å². The molecule has 3 rings (SSSR count). The van der Waals surface area contributed by atoms with Crippen molar-refractivity contribution in [2.24, 2.45) is 7.05 Å². The molecule has 0 radical (unpaired) electrons. The van der Waals surface area contributed by atoms with Crippen LogP contribution in [0.15, 0.2) is 30.7 Å². The summed E-state index contributed by atoms with van der Waals surface area (Å²) in [6, 6.07) is 3.65. The van der Waals surface area contributed by atoms with Gasteiger partial charge in [0.05, 0.1) is 39.4 Å². The molecular weight excluding hydrogens is 348 g/mol. The minimum absolute atomic E-state index is 0.449. The zero-order valence-electron chi connectivity index (χ0n) is 15.8. The van der Waals surface area contributed by atoms with Gasteiger partial charge in [0.25, 0.3) is 0 Å². The van der Waals surface area contributed by atoms with Crippen LogP contribution in [0.2, 0.25) is 0 Å². The predicted octanol–water partition coefficient (Wildman–Crippen LogP) is 1.95. The normalized spacial score (nSPS) is 10.5. The molecule has 0 amide bonds. The first kappa shape index (κ1) is 18.4. The molecule has 0 aliphatic rings. The molecule has 0 bridgehead atoms. The van der Waals surface area contributed by atoms with E-state index >= 15 is 0 Å². The molecule has 0 saturated carbocycles. The predicted molar refractivity (Wildman–Crippen MR) is 100 cm³/mol. The van der Waals surface area contributed by atoms with Crippen LogP contribution in [0.3, 0.4) is 0 Å². The third kappa shape index (κ3) is 4.25. The van der Waals surface area contributed by atoms with E-state index in [1.165, 1.54) is 0 Å². The minimum Gasteiger partial charge on any atom is -0.493 e. The highest BCUT2D eigenvalue weighted by atomic mass is 16.5. The van der Waals surface area contributed by atoms with E-state index in [1.54, 1.807) is 32.2 Å². The average molecular weight is 370 g/mol. The second kappa shape index (κ2) is 8.35. The summed E-state index contributed by atoms with van der Waals surface area (Å²) in [4.78, 5) is 4.53. The number of aromatic nitrogens is 5. The number of rotatable bonds is 8. The Morgan fingerprint density at radius 2 is 1.78 bits per heavy atom. The average Bonchev–Trinajstić information content (AvgIpc) is 3.12. The Morgan fingerprint density at radius 1 is 1.04 bits per heavy atom. The Hall–Kier alpha value is -3.36. The maximum Gasteiger partial charge on any atom is 0.243 e. The lowest BCUT2D eigenvalue weighted by Gasteiger charge is -2.14. The molecule has 27 heavy (non-hydrogen) atoms. The van der Waals surface area contributed by atoms with Gasteiger partial charge in [-0.05, 0) is 24.1 Å². The number of nitrogens with zero attached hydrogens (tertiary/aromatic N) is 5. The summed E-state index contributed by atoms with van der Waals surface area (Å²) in [5.41, 5.74) is 2.57. The third-order valence-electron chi connectivity index (χ3n) is 3.97. The summed E-state index contributed by atoms with van der Waals surface area (Å²) in [5.74, 6) is 2.08. The zero-order valence-corrected chi connectivity index (χ0v) is 15.8. The highest BCUT2D eigenvalue weighted by molar-refractivity contribution is 5.68. The molecule has 0 aliphatic heterocycles. The standard InChI is InChI=1S/C18H22N6O3/c1-24-11-12(9-21-24)5-6-19-18-22-14(10-20-23-18)13-7-15(25-2)17(27-4)16(8-13)26-3/h7-11H,5-6H2,1-4H3,(H,19,22,23). The van der Waals surface area contributed by atoms with E-state index in [-0.39, 0.29) is 0 Å². The number of hydrogen-bond acceptors (Lipinski definition) is 8. The quantitative estimate of drug-likeness (QED) is 0.643. The van der Waals surface area contributed by atoms with Crippen molar-refractivity contribution >= 4 is 5.95 Å². The minimum atomic E-state index is 0.449. The van der Waals surface area contributed by atoms with Gasteiger partial charge in [0.15, 0.2) is 11.5 Å². The SMILES string of the molecule is COc1cc(-c2cnnc(NCCc3cnn(C)c3)n2)cc(OC)c1OC. The van der Waals surface area contributed by atoms with Crippen LogP contribution in [-0.2, 0) is 13.5 Å². The van der Waals surface area contributed by atoms with Gasteiger partial charge in [-0.1, -0.05) is 0 Å². The molecule has 142 valence electrons. The lowest BCUT2D eigenvalue weighted by atomic mass is 10.1. The molecule has 1 aromatic carbocycles.